The summed E-state index contributed by atoms with van der Waals surface area (Å²) >= 11 is 0. The van der Waals surface area contributed by atoms with Crippen LogP contribution in [0.5, 0.6) is 0 Å². The fraction of sp³-hybridized carbons (Fsp3) is 0.375. The maximum Gasteiger partial charge on any atom is 0.170 e. The first-order chi connectivity index (χ1) is 13.6. The van der Waals surface area contributed by atoms with Gasteiger partial charge in [0.05, 0.1) is 5.52 Å². The number of hydrogen-bond donors (Lipinski definition) is 1. The Balaban J connectivity index is 1.66. The Morgan fingerprint density at radius 2 is 1.86 bits per heavy atom. The third-order valence-corrected chi connectivity index (χ3v) is 6.31. The van der Waals surface area contributed by atoms with Gasteiger partial charge in [-0.15, -0.1) is 0 Å². The molecule has 1 aromatic heterocycles. The molecule has 0 amide bonds. The molecule has 1 aliphatic rings. The summed E-state index contributed by atoms with van der Waals surface area (Å²) in [7, 11) is 0. The minimum Gasteiger partial charge on any atom is -0.339 e. The molecule has 0 spiro atoms. The number of fused-ring (bicyclic) bond motifs is 1. The van der Waals surface area contributed by atoms with E-state index in [2.05, 4.69) is 30.2 Å². The second-order valence-corrected chi connectivity index (χ2v) is 7.93. The number of piperidine rings is 1. The molecule has 2 heterocycles. The summed E-state index contributed by atoms with van der Waals surface area (Å²) in [6, 6.07) is 15.8. The zero-order valence-corrected chi connectivity index (χ0v) is 16.8. The van der Waals surface area contributed by atoms with Crippen LogP contribution < -0.4 is 5.84 Å². The van der Waals surface area contributed by atoms with Crippen molar-refractivity contribution in [1.29, 1.82) is 0 Å². The Labute approximate surface area is 166 Å². The largest absolute Gasteiger partial charge is 0.339 e. The van der Waals surface area contributed by atoms with Gasteiger partial charge >= 0.3 is 0 Å². The predicted molar refractivity (Wildman–Crippen MR) is 115 cm³/mol. The van der Waals surface area contributed by atoms with Crippen LogP contribution in [0.15, 0.2) is 54.7 Å². The van der Waals surface area contributed by atoms with Crippen molar-refractivity contribution in [3.8, 4) is 0 Å². The molecule has 0 saturated carbocycles. The number of hydrogen-bond acceptors (Lipinski definition) is 3. The molecule has 4 rings (SSSR count). The van der Waals surface area contributed by atoms with Crippen molar-refractivity contribution in [2.45, 2.75) is 38.5 Å². The summed E-state index contributed by atoms with van der Waals surface area (Å²) in [5.74, 6) is 6.77. The van der Waals surface area contributed by atoms with E-state index in [0.717, 1.165) is 49.1 Å². The monoisotopic (exact) mass is 375 g/mol. The summed E-state index contributed by atoms with van der Waals surface area (Å²) in [5.41, 5.74) is 4.18. The Morgan fingerprint density at radius 3 is 2.54 bits per heavy atom. The second kappa shape index (κ2) is 7.80. The quantitative estimate of drug-likeness (QED) is 0.526. The number of likely N-dealkylation sites (tertiary alicyclic amines) is 1. The first kappa shape index (κ1) is 18.8. The molecule has 2 N–H and O–H groups in total. The van der Waals surface area contributed by atoms with Crippen LogP contribution in [0.25, 0.3) is 10.9 Å². The fourth-order valence-corrected chi connectivity index (χ4v) is 4.46. The van der Waals surface area contributed by atoms with E-state index in [1.54, 1.807) is 4.68 Å². The third kappa shape index (κ3) is 3.45. The first-order valence-corrected chi connectivity index (χ1v) is 10.3. The van der Waals surface area contributed by atoms with Crippen molar-refractivity contribution >= 4 is 16.7 Å². The highest BCUT2D eigenvalue weighted by atomic mass is 16.1. The van der Waals surface area contributed by atoms with Gasteiger partial charge < -0.3 is 10.7 Å². The highest BCUT2D eigenvalue weighted by Gasteiger charge is 2.24. The maximum atomic E-state index is 12.9. The van der Waals surface area contributed by atoms with E-state index in [9.17, 15) is 4.79 Å². The number of benzene rings is 2. The number of ketones is 1. The molecule has 2 aromatic carbocycles. The first-order valence-electron chi connectivity index (χ1n) is 10.3. The van der Waals surface area contributed by atoms with Gasteiger partial charge in [-0.3, -0.25) is 9.47 Å². The van der Waals surface area contributed by atoms with E-state index in [-0.39, 0.29) is 11.7 Å². The molecule has 4 nitrogen and oxygen atoms in total. The topological polar surface area (TPSA) is 51.3 Å². The summed E-state index contributed by atoms with van der Waals surface area (Å²) in [5, 5.41) is 1.20. The molecule has 0 radical (unpaired) electrons. The van der Waals surface area contributed by atoms with Crippen LogP contribution in [-0.2, 0) is 0 Å². The number of carbonyl (C=O) groups excluding carboxylic acids is 1. The van der Waals surface area contributed by atoms with Crippen LogP contribution in [0.1, 0.15) is 60.0 Å². The van der Waals surface area contributed by atoms with Crippen molar-refractivity contribution in [2.75, 3.05) is 25.5 Å². The average molecular weight is 376 g/mol. The average Bonchev–Trinajstić information content (AvgIpc) is 3.09. The minimum absolute atomic E-state index is 0.157. The number of carbonyl (C=O) groups is 1. The molecule has 1 aliphatic heterocycles. The lowest BCUT2D eigenvalue weighted by molar-refractivity contribution is 0.0966. The summed E-state index contributed by atoms with van der Waals surface area (Å²) in [6.07, 6.45) is 4.41. The Kier molecular flexibility index (Phi) is 5.23. The van der Waals surface area contributed by atoms with Gasteiger partial charge in [-0.05, 0) is 61.7 Å². The van der Waals surface area contributed by atoms with E-state index < -0.39 is 0 Å². The number of nitrogens with two attached hydrogens (primary N) is 1. The summed E-state index contributed by atoms with van der Waals surface area (Å²) in [6.45, 7) is 7.62. The van der Waals surface area contributed by atoms with Crippen molar-refractivity contribution < 1.29 is 4.79 Å². The minimum atomic E-state index is -0.178. The lowest BCUT2D eigenvalue weighted by Gasteiger charge is -2.31. The lowest BCUT2D eigenvalue weighted by Crippen LogP contribution is -2.32. The molecule has 1 fully saturated rings. The van der Waals surface area contributed by atoms with Crippen LogP contribution in [0, 0.1) is 0 Å². The molecule has 0 aliphatic carbocycles. The van der Waals surface area contributed by atoms with Crippen LogP contribution in [0.2, 0.25) is 0 Å². The molecule has 3 aromatic rings. The zero-order valence-electron chi connectivity index (χ0n) is 16.8. The van der Waals surface area contributed by atoms with Gasteiger partial charge in [0.2, 0.25) is 0 Å². The second-order valence-electron chi connectivity index (χ2n) is 7.93. The molecule has 1 saturated heterocycles. The van der Waals surface area contributed by atoms with Gasteiger partial charge in [-0.1, -0.05) is 50.2 Å². The molecule has 146 valence electrons. The molecule has 28 heavy (non-hydrogen) atoms. The molecule has 4 heteroatoms. The van der Waals surface area contributed by atoms with Crippen molar-refractivity contribution in [3.63, 3.8) is 0 Å². The van der Waals surface area contributed by atoms with E-state index in [1.807, 2.05) is 43.3 Å². The van der Waals surface area contributed by atoms with Gasteiger partial charge in [0.15, 0.2) is 5.78 Å². The highest BCUT2D eigenvalue weighted by molar-refractivity contribution is 6.01. The van der Waals surface area contributed by atoms with E-state index in [1.165, 1.54) is 10.9 Å². The number of aromatic nitrogens is 1. The Bertz CT molecular complexity index is 968. The zero-order chi connectivity index (χ0) is 19.7. The number of rotatable bonds is 5. The van der Waals surface area contributed by atoms with Gasteiger partial charge in [0.25, 0.3) is 0 Å². The third-order valence-electron chi connectivity index (χ3n) is 6.31. The maximum absolute atomic E-state index is 12.9. The number of nitrogen functional groups attached to an aromatic ring is 1. The summed E-state index contributed by atoms with van der Waals surface area (Å²) < 4.78 is 1.74. The van der Waals surface area contributed by atoms with Crippen LogP contribution >= 0.6 is 0 Å². The molecule has 1 unspecified atom stereocenters. The molecule has 0 bridgehead atoms. The normalized spacial score (nSPS) is 17.1. The van der Waals surface area contributed by atoms with Crippen LogP contribution in [-0.4, -0.2) is 35.0 Å². The standard InChI is InChI=1S/C24H29N3O/c1-3-26-13-11-18(12-14-26)22-16-27(25)23-10-9-20(15-21(22)23)17(2)24(28)19-7-5-4-6-8-19/h4-10,15-18H,3,11-14,25H2,1-2H3. The SMILES string of the molecule is CCN1CCC(c2cn(N)c3ccc(C(C)C(=O)c4ccccc4)cc23)CC1. The molecular formula is C24H29N3O. The van der Waals surface area contributed by atoms with E-state index >= 15 is 0 Å². The Hall–Kier alpha value is -2.59. The van der Waals surface area contributed by atoms with Crippen molar-refractivity contribution in [3.05, 3.63) is 71.4 Å². The molecule has 1 atom stereocenters. The van der Waals surface area contributed by atoms with E-state index in [4.69, 9.17) is 5.84 Å². The Morgan fingerprint density at radius 1 is 1.14 bits per heavy atom. The predicted octanol–water partition coefficient (Wildman–Crippen LogP) is 4.54. The van der Waals surface area contributed by atoms with Gasteiger partial charge in [0, 0.05) is 23.1 Å². The fourth-order valence-electron chi connectivity index (χ4n) is 4.46. The van der Waals surface area contributed by atoms with Gasteiger partial charge in [0.1, 0.15) is 0 Å². The van der Waals surface area contributed by atoms with Crippen molar-refractivity contribution in [1.82, 2.24) is 9.58 Å². The van der Waals surface area contributed by atoms with Gasteiger partial charge in [-0.2, -0.15) is 0 Å². The van der Waals surface area contributed by atoms with E-state index in [0.29, 0.717) is 5.92 Å². The number of Topliss-reactive ketones (excluding diaryl/α,β-unsaturated/α-hetero) is 1. The lowest BCUT2D eigenvalue weighted by atomic mass is 9.87. The molecular weight excluding hydrogens is 346 g/mol. The van der Waals surface area contributed by atoms with Crippen LogP contribution in [0.3, 0.4) is 0 Å². The van der Waals surface area contributed by atoms with Crippen molar-refractivity contribution in [2.24, 2.45) is 0 Å². The summed E-state index contributed by atoms with van der Waals surface area (Å²) in [4.78, 5) is 15.4. The van der Waals surface area contributed by atoms with Crippen LogP contribution in [0.4, 0.5) is 0 Å². The smallest absolute Gasteiger partial charge is 0.170 e. The number of nitrogens with zero attached hydrogens (tertiary/aromatic N) is 2. The highest BCUT2D eigenvalue weighted by Crippen LogP contribution is 2.35. The van der Waals surface area contributed by atoms with Gasteiger partial charge in [-0.25, -0.2) is 0 Å².